The maximum Gasteiger partial charge on any atom is 0.406 e. The first kappa shape index (κ1) is 16.0. The van der Waals surface area contributed by atoms with Crippen LogP contribution in [0.2, 0.25) is 0 Å². The van der Waals surface area contributed by atoms with Crippen LogP contribution in [-0.4, -0.2) is 48.0 Å². The molecule has 0 bridgehead atoms. The van der Waals surface area contributed by atoms with Crippen molar-refractivity contribution in [3.63, 3.8) is 0 Å². The molecule has 0 fully saturated rings. The summed E-state index contributed by atoms with van der Waals surface area (Å²) in [5, 5.41) is 8.43. The number of aliphatic hydroxyl groups excluding tert-OH is 1. The van der Waals surface area contributed by atoms with Gasteiger partial charge in [0, 0.05) is 13.0 Å². The molecule has 17 heavy (non-hydrogen) atoms. The number of hydrogen-bond acceptors (Lipinski definition) is 2. The number of carbonyl (C=O) groups is 1. The molecule has 0 saturated carbocycles. The Hall–Kier alpha value is -0.990. The molecule has 9 heteroatoms. The number of aliphatic hydroxyl groups is 1. The van der Waals surface area contributed by atoms with Gasteiger partial charge in [-0.05, 0) is 0 Å². The van der Waals surface area contributed by atoms with Crippen molar-refractivity contribution in [3.8, 4) is 0 Å². The molecule has 0 aliphatic heterocycles. The average Bonchev–Trinajstić information content (AvgIpc) is 2.10. The second-order valence-electron chi connectivity index (χ2n) is 3.27. The maximum absolute atomic E-state index is 12.0. The van der Waals surface area contributed by atoms with E-state index in [1.54, 1.807) is 0 Å². The second-order valence-corrected chi connectivity index (χ2v) is 3.27. The normalized spacial score (nSPS) is 12.6. The van der Waals surface area contributed by atoms with Crippen LogP contribution in [0, 0.1) is 0 Å². The monoisotopic (exact) mass is 267 g/mol. The summed E-state index contributed by atoms with van der Waals surface area (Å²) >= 11 is 0. The van der Waals surface area contributed by atoms with E-state index in [0.29, 0.717) is 0 Å². The van der Waals surface area contributed by atoms with Gasteiger partial charge >= 0.3 is 12.4 Å². The summed E-state index contributed by atoms with van der Waals surface area (Å²) in [5.74, 6) is -1.28. The van der Waals surface area contributed by atoms with Gasteiger partial charge in [-0.3, -0.25) is 4.79 Å². The summed E-state index contributed by atoms with van der Waals surface area (Å²) in [7, 11) is 0. The molecule has 0 atom stereocenters. The summed E-state index contributed by atoms with van der Waals surface area (Å²) in [4.78, 5) is 11.2. The zero-order valence-corrected chi connectivity index (χ0v) is 8.61. The molecular formula is C8H11F6NO2. The fourth-order valence-corrected chi connectivity index (χ4v) is 1.04. The number of carbonyl (C=O) groups excluding carboxylic acids is 1. The topological polar surface area (TPSA) is 40.5 Å². The van der Waals surface area contributed by atoms with Crippen molar-refractivity contribution in [2.45, 2.75) is 25.2 Å². The molecule has 0 heterocycles. The molecule has 3 nitrogen and oxygen atoms in total. The number of nitrogens with zero attached hydrogens (tertiary/aromatic N) is 1. The number of halogens is 6. The maximum atomic E-state index is 12.0. The third-order valence-electron chi connectivity index (χ3n) is 1.72. The zero-order valence-electron chi connectivity index (χ0n) is 8.61. The van der Waals surface area contributed by atoms with Crippen molar-refractivity contribution in [1.82, 2.24) is 4.90 Å². The Bertz CT molecular complexity index is 249. The minimum absolute atomic E-state index is 0.158. The van der Waals surface area contributed by atoms with E-state index in [2.05, 4.69) is 0 Å². The van der Waals surface area contributed by atoms with E-state index in [1.165, 1.54) is 0 Å². The Balaban J connectivity index is 4.35. The Labute approximate surface area is 93.0 Å². The lowest BCUT2D eigenvalue weighted by molar-refractivity contribution is -0.166. The lowest BCUT2D eigenvalue weighted by Crippen LogP contribution is -2.40. The van der Waals surface area contributed by atoms with Crippen molar-refractivity contribution in [2.75, 3.05) is 19.7 Å². The Morgan fingerprint density at radius 1 is 1.06 bits per heavy atom. The second kappa shape index (κ2) is 6.08. The summed E-state index contributed by atoms with van der Waals surface area (Å²) in [6.45, 7) is -3.05. The molecule has 0 aromatic rings. The molecule has 102 valence electrons. The van der Waals surface area contributed by atoms with Crippen LogP contribution in [0.4, 0.5) is 26.3 Å². The van der Waals surface area contributed by atoms with Gasteiger partial charge in [-0.15, -0.1) is 0 Å². The van der Waals surface area contributed by atoms with E-state index in [4.69, 9.17) is 5.11 Å². The van der Waals surface area contributed by atoms with Crippen LogP contribution in [0.15, 0.2) is 0 Å². The molecule has 0 spiro atoms. The highest BCUT2D eigenvalue weighted by Gasteiger charge is 2.34. The fraction of sp³-hybridized carbons (Fsp3) is 0.875. The van der Waals surface area contributed by atoms with Crippen LogP contribution in [-0.2, 0) is 4.79 Å². The Morgan fingerprint density at radius 3 is 1.94 bits per heavy atom. The van der Waals surface area contributed by atoms with Gasteiger partial charge in [0.05, 0.1) is 13.0 Å². The third kappa shape index (κ3) is 8.78. The standard InChI is InChI=1S/C8H11F6NO2/c9-7(10,11)2-1-6(17)15(3-4-16)5-8(12,13)14/h16H,1-5H2. The van der Waals surface area contributed by atoms with Crippen LogP contribution in [0.5, 0.6) is 0 Å². The molecule has 0 aliphatic carbocycles. The molecule has 0 saturated heterocycles. The quantitative estimate of drug-likeness (QED) is 0.770. The number of alkyl halides is 6. The highest BCUT2D eigenvalue weighted by atomic mass is 19.4. The van der Waals surface area contributed by atoms with E-state index in [9.17, 15) is 31.1 Å². The number of amides is 1. The van der Waals surface area contributed by atoms with E-state index in [1.807, 2.05) is 0 Å². The minimum atomic E-state index is -4.71. The molecule has 0 radical (unpaired) electrons. The van der Waals surface area contributed by atoms with E-state index < -0.39 is 50.8 Å². The third-order valence-corrected chi connectivity index (χ3v) is 1.72. The largest absolute Gasteiger partial charge is 0.406 e. The predicted octanol–water partition coefficient (Wildman–Crippen LogP) is 1.71. The van der Waals surface area contributed by atoms with Gasteiger partial charge in [0.1, 0.15) is 6.54 Å². The van der Waals surface area contributed by atoms with Crippen molar-refractivity contribution < 1.29 is 36.2 Å². The predicted molar refractivity (Wildman–Crippen MR) is 45.0 cm³/mol. The van der Waals surface area contributed by atoms with Crippen LogP contribution in [0.3, 0.4) is 0 Å². The highest BCUT2D eigenvalue weighted by molar-refractivity contribution is 5.76. The zero-order chi connectivity index (χ0) is 13.7. The molecular weight excluding hydrogens is 256 g/mol. The first-order chi connectivity index (χ1) is 7.55. The molecule has 0 aromatic carbocycles. The number of rotatable bonds is 5. The molecule has 0 unspecified atom stereocenters. The van der Waals surface area contributed by atoms with Crippen LogP contribution in [0.25, 0.3) is 0 Å². The lowest BCUT2D eigenvalue weighted by atomic mass is 10.2. The van der Waals surface area contributed by atoms with Crippen molar-refractivity contribution in [3.05, 3.63) is 0 Å². The summed E-state index contributed by atoms with van der Waals surface area (Å²) < 4.78 is 71.2. The fourth-order valence-electron chi connectivity index (χ4n) is 1.04. The Kier molecular flexibility index (Phi) is 5.73. The van der Waals surface area contributed by atoms with E-state index >= 15 is 0 Å². The molecule has 1 N–H and O–H groups in total. The number of hydrogen-bond donors (Lipinski definition) is 1. The molecule has 1 amide bonds. The smallest absolute Gasteiger partial charge is 0.395 e. The van der Waals surface area contributed by atoms with E-state index in [0.717, 1.165) is 0 Å². The van der Waals surface area contributed by atoms with Gasteiger partial charge in [0.15, 0.2) is 0 Å². The van der Waals surface area contributed by atoms with Crippen molar-refractivity contribution in [2.24, 2.45) is 0 Å². The van der Waals surface area contributed by atoms with Gasteiger partial charge in [0.2, 0.25) is 5.91 Å². The van der Waals surface area contributed by atoms with E-state index in [-0.39, 0.29) is 4.90 Å². The SMILES string of the molecule is O=C(CCC(F)(F)F)N(CCO)CC(F)(F)F. The average molecular weight is 267 g/mol. The van der Waals surface area contributed by atoms with Crippen molar-refractivity contribution >= 4 is 5.91 Å². The molecule has 0 aromatic heterocycles. The van der Waals surface area contributed by atoms with Gasteiger partial charge < -0.3 is 10.0 Å². The summed E-state index contributed by atoms with van der Waals surface area (Å²) in [5.41, 5.74) is 0. The van der Waals surface area contributed by atoms with Crippen LogP contribution in [0.1, 0.15) is 12.8 Å². The first-order valence-corrected chi connectivity index (χ1v) is 4.57. The molecule has 0 rings (SSSR count). The van der Waals surface area contributed by atoms with Crippen molar-refractivity contribution in [1.29, 1.82) is 0 Å². The Morgan fingerprint density at radius 2 is 1.59 bits per heavy atom. The summed E-state index contributed by atoms with van der Waals surface area (Å²) in [6.07, 6.45) is -11.8. The lowest BCUT2D eigenvalue weighted by Gasteiger charge is -2.23. The van der Waals surface area contributed by atoms with Gasteiger partial charge in [0.25, 0.3) is 0 Å². The van der Waals surface area contributed by atoms with Gasteiger partial charge in [-0.1, -0.05) is 0 Å². The highest BCUT2D eigenvalue weighted by Crippen LogP contribution is 2.23. The minimum Gasteiger partial charge on any atom is -0.395 e. The first-order valence-electron chi connectivity index (χ1n) is 4.57. The molecule has 0 aliphatic rings. The van der Waals surface area contributed by atoms with Gasteiger partial charge in [-0.2, -0.15) is 26.3 Å². The van der Waals surface area contributed by atoms with Crippen LogP contribution < -0.4 is 0 Å². The van der Waals surface area contributed by atoms with Crippen LogP contribution >= 0.6 is 0 Å². The van der Waals surface area contributed by atoms with Gasteiger partial charge in [-0.25, -0.2) is 0 Å². The summed E-state index contributed by atoms with van der Waals surface area (Å²) in [6, 6.07) is 0.